The monoisotopic (exact) mass is 211 g/mol. The average Bonchev–Trinajstić information content (AvgIpc) is 2.00. The number of carbonyl (C=O) groups is 1. The van der Waals surface area contributed by atoms with Crippen LogP contribution in [0.5, 0.6) is 0 Å². The van der Waals surface area contributed by atoms with E-state index in [1.807, 2.05) is 6.92 Å². The van der Waals surface area contributed by atoms with Crippen LogP contribution in [0.15, 0.2) is 0 Å². The van der Waals surface area contributed by atoms with Gasteiger partial charge in [0.05, 0.1) is 0 Å². The quantitative estimate of drug-likeness (QED) is 0.433. The highest BCUT2D eigenvalue weighted by atomic mass is 32.2. The van der Waals surface area contributed by atoms with Crippen molar-refractivity contribution in [3.63, 3.8) is 0 Å². The molecule has 13 heavy (non-hydrogen) atoms. The van der Waals surface area contributed by atoms with Gasteiger partial charge in [-0.05, 0) is 6.42 Å². The Labute approximate surface area is 76.8 Å². The normalized spacial score (nSPS) is 11.5. The van der Waals surface area contributed by atoms with Gasteiger partial charge in [-0.1, -0.05) is 11.8 Å². The third-order valence-electron chi connectivity index (χ3n) is 0.925. The standard InChI is InChI=1S/C5H13N3O4S/c1-2-3-7-13(10,11)8-12-4-5(6)9/h7-8H,2-4H2,1H3,(H2,6,9). The van der Waals surface area contributed by atoms with E-state index in [1.54, 1.807) is 4.89 Å². The van der Waals surface area contributed by atoms with Crippen molar-refractivity contribution >= 4 is 16.1 Å². The predicted molar refractivity (Wildman–Crippen MR) is 45.5 cm³/mol. The molecular weight excluding hydrogens is 198 g/mol. The van der Waals surface area contributed by atoms with Crippen LogP contribution in [-0.2, 0) is 19.8 Å². The molecule has 0 unspecified atom stereocenters. The molecule has 0 spiro atoms. The maximum Gasteiger partial charge on any atom is 0.299 e. The van der Waals surface area contributed by atoms with E-state index in [1.165, 1.54) is 0 Å². The smallest absolute Gasteiger partial charge is 0.299 e. The molecule has 0 rings (SSSR count). The Balaban J connectivity index is 3.70. The number of rotatable bonds is 7. The van der Waals surface area contributed by atoms with Gasteiger partial charge in [0.25, 0.3) is 10.2 Å². The number of nitrogens with two attached hydrogens (primary N) is 1. The molecule has 7 nitrogen and oxygen atoms in total. The number of hydrogen-bond acceptors (Lipinski definition) is 4. The topological polar surface area (TPSA) is 111 Å². The van der Waals surface area contributed by atoms with Crippen molar-refractivity contribution in [2.45, 2.75) is 13.3 Å². The molecule has 1 amide bonds. The second-order valence-electron chi connectivity index (χ2n) is 2.24. The first kappa shape index (κ1) is 12.3. The molecule has 78 valence electrons. The maximum atomic E-state index is 10.9. The number of hydrogen-bond donors (Lipinski definition) is 3. The first-order chi connectivity index (χ1) is 5.98. The van der Waals surface area contributed by atoms with Gasteiger partial charge in [-0.25, -0.2) is 4.72 Å². The molecular formula is C5H13N3O4S. The van der Waals surface area contributed by atoms with Gasteiger partial charge in [-0.15, -0.1) is 0 Å². The Bertz CT molecular complexity index is 251. The summed E-state index contributed by atoms with van der Waals surface area (Å²) in [5.41, 5.74) is 4.70. The summed E-state index contributed by atoms with van der Waals surface area (Å²) >= 11 is 0. The summed E-state index contributed by atoms with van der Waals surface area (Å²) in [5, 5.41) is 0. The summed E-state index contributed by atoms with van der Waals surface area (Å²) in [7, 11) is -3.67. The van der Waals surface area contributed by atoms with Crippen LogP contribution in [0.1, 0.15) is 13.3 Å². The van der Waals surface area contributed by atoms with Crippen molar-refractivity contribution < 1.29 is 18.0 Å². The van der Waals surface area contributed by atoms with Crippen LogP contribution in [0, 0.1) is 0 Å². The van der Waals surface area contributed by atoms with Gasteiger partial charge in [-0.3, -0.25) is 9.63 Å². The first-order valence-corrected chi connectivity index (χ1v) is 5.12. The van der Waals surface area contributed by atoms with Crippen molar-refractivity contribution in [1.29, 1.82) is 0 Å². The Morgan fingerprint density at radius 2 is 2.15 bits per heavy atom. The minimum absolute atomic E-state index is 0.301. The zero-order chi connectivity index (χ0) is 10.3. The van der Waals surface area contributed by atoms with Gasteiger partial charge in [0.2, 0.25) is 5.91 Å². The van der Waals surface area contributed by atoms with Crippen molar-refractivity contribution in [2.24, 2.45) is 5.73 Å². The van der Waals surface area contributed by atoms with E-state index in [4.69, 9.17) is 5.73 Å². The highest BCUT2D eigenvalue weighted by molar-refractivity contribution is 7.87. The summed E-state index contributed by atoms with van der Waals surface area (Å²) in [6.07, 6.45) is 0.663. The van der Waals surface area contributed by atoms with Gasteiger partial charge >= 0.3 is 0 Å². The van der Waals surface area contributed by atoms with Crippen LogP contribution in [0.25, 0.3) is 0 Å². The van der Waals surface area contributed by atoms with E-state index in [0.29, 0.717) is 13.0 Å². The summed E-state index contributed by atoms with van der Waals surface area (Å²) in [6, 6.07) is 0. The van der Waals surface area contributed by atoms with Gasteiger partial charge in [-0.2, -0.15) is 8.42 Å². The number of primary amides is 1. The van der Waals surface area contributed by atoms with Crippen LogP contribution in [-0.4, -0.2) is 27.5 Å². The van der Waals surface area contributed by atoms with Gasteiger partial charge in [0, 0.05) is 6.54 Å². The van der Waals surface area contributed by atoms with Gasteiger partial charge in [0.1, 0.15) is 6.61 Å². The maximum absolute atomic E-state index is 10.9. The van der Waals surface area contributed by atoms with E-state index in [-0.39, 0.29) is 0 Å². The Morgan fingerprint density at radius 3 is 2.62 bits per heavy atom. The molecule has 8 heteroatoms. The van der Waals surface area contributed by atoms with E-state index in [9.17, 15) is 13.2 Å². The van der Waals surface area contributed by atoms with Crippen LogP contribution < -0.4 is 15.3 Å². The minimum atomic E-state index is -3.67. The lowest BCUT2D eigenvalue weighted by Gasteiger charge is -2.05. The zero-order valence-electron chi connectivity index (χ0n) is 7.24. The molecule has 0 saturated carbocycles. The molecule has 0 aromatic rings. The van der Waals surface area contributed by atoms with Crippen molar-refractivity contribution in [3.8, 4) is 0 Å². The van der Waals surface area contributed by atoms with Crippen molar-refractivity contribution in [1.82, 2.24) is 9.61 Å². The molecule has 0 atom stereocenters. The molecule has 0 aliphatic heterocycles. The Hall–Kier alpha value is -0.700. The van der Waals surface area contributed by atoms with E-state index >= 15 is 0 Å². The third-order valence-corrected chi connectivity index (χ3v) is 1.85. The minimum Gasteiger partial charge on any atom is -0.368 e. The molecule has 0 bridgehead atoms. The lowest BCUT2D eigenvalue weighted by molar-refractivity contribution is -0.123. The average molecular weight is 211 g/mol. The molecule has 0 fully saturated rings. The molecule has 0 aliphatic rings. The lowest BCUT2D eigenvalue weighted by Crippen LogP contribution is -2.38. The van der Waals surface area contributed by atoms with Gasteiger partial charge in [0.15, 0.2) is 0 Å². The molecule has 0 heterocycles. The highest BCUT2D eigenvalue weighted by Gasteiger charge is 2.07. The first-order valence-electron chi connectivity index (χ1n) is 3.64. The predicted octanol–water partition coefficient (Wildman–Crippen LogP) is -1.76. The third kappa shape index (κ3) is 7.65. The second kappa shape index (κ2) is 5.86. The Morgan fingerprint density at radius 1 is 1.54 bits per heavy atom. The largest absolute Gasteiger partial charge is 0.368 e. The van der Waals surface area contributed by atoms with Crippen LogP contribution in [0.3, 0.4) is 0 Å². The SMILES string of the molecule is CCCNS(=O)(=O)NOCC(N)=O. The molecule has 0 aromatic heterocycles. The fourth-order valence-corrected chi connectivity index (χ4v) is 1.19. The Kier molecular flexibility index (Phi) is 5.55. The van der Waals surface area contributed by atoms with E-state index in [2.05, 4.69) is 9.56 Å². The highest BCUT2D eigenvalue weighted by Crippen LogP contribution is 1.79. The summed E-state index contributed by atoms with van der Waals surface area (Å²) in [4.78, 5) is 16.1. The second-order valence-corrected chi connectivity index (χ2v) is 3.70. The van der Waals surface area contributed by atoms with E-state index < -0.39 is 22.7 Å². The van der Waals surface area contributed by atoms with Gasteiger partial charge < -0.3 is 5.73 Å². The molecule has 0 radical (unpaired) electrons. The van der Waals surface area contributed by atoms with Crippen molar-refractivity contribution in [3.05, 3.63) is 0 Å². The zero-order valence-corrected chi connectivity index (χ0v) is 8.06. The lowest BCUT2D eigenvalue weighted by atomic mass is 10.5. The summed E-state index contributed by atoms with van der Waals surface area (Å²) in [5.74, 6) is -0.752. The molecule has 0 saturated heterocycles. The van der Waals surface area contributed by atoms with Crippen molar-refractivity contribution in [2.75, 3.05) is 13.2 Å². The number of amides is 1. The molecule has 0 aromatic carbocycles. The fraction of sp³-hybridized carbons (Fsp3) is 0.800. The molecule has 4 N–H and O–H groups in total. The summed E-state index contributed by atoms with van der Waals surface area (Å²) < 4.78 is 23.9. The van der Waals surface area contributed by atoms with Crippen LogP contribution in [0.4, 0.5) is 0 Å². The van der Waals surface area contributed by atoms with Crippen LogP contribution >= 0.6 is 0 Å². The van der Waals surface area contributed by atoms with Crippen LogP contribution in [0.2, 0.25) is 0 Å². The molecule has 0 aliphatic carbocycles. The summed E-state index contributed by atoms with van der Waals surface area (Å²) in [6.45, 7) is 1.62. The van der Waals surface area contributed by atoms with E-state index in [0.717, 1.165) is 0 Å². The number of carbonyl (C=O) groups excluding carboxylic acids is 1. The number of nitrogens with one attached hydrogen (secondary N) is 2. The fourth-order valence-electron chi connectivity index (χ4n) is 0.444.